The molecule has 2 aromatic carbocycles. The molecule has 1 atom stereocenters. The molecule has 0 saturated heterocycles. The van der Waals surface area contributed by atoms with Crippen LogP contribution in [0.15, 0.2) is 52.9 Å². The number of fused-ring (bicyclic) bond motifs is 2. The van der Waals surface area contributed by atoms with Gasteiger partial charge in [0, 0.05) is 11.5 Å². The van der Waals surface area contributed by atoms with Crippen molar-refractivity contribution in [2.24, 2.45) is 0 Å². The third kappa shape index (κ3) is 2.39. The molecule has 4 aromatic rings. The van der Waals surface area contributed by atoms with Gasteiger partial charge in [0.15, 0.2) is 11.5 Å². The highest BCUT2D eigenvalue weighted by molar-refractivity contribution is 6.05. The lowest BCUT2D eigenvalue weighted by Gasteiger charge is -2.01. The van der Waals surface area contributed by atoms with Crippen molar-refractivity contribution < 1.29 is 14.1 Å². The third-order valence-corrected chi connectivity index (χ3v) is 4.05. The van der Waals surface area contributed by atoms with Crippen LogP contribution in [0.2, 0.25) is 0 Å². The second-order valence-corrected chi connectivity index (χ2v) is 5.63. The molecule has 0 bridgehead atoms. The Morgan fingerprint density at radius 2 is 2.08 bits per heavy atom. The number of nitro groups is 1. The maximum atomic E-state index is 12.8. The summed E-state index contributed by atoms with van der Waals surface area (Å²) in [7, 11) is 0. The number of hydrogen-bond acceptors (Lipinski definition) is 6. The Balaban J connectivity index is 1.78. The monoisotopic (exact) mass is 346 g/mol. The number of carbonyl (C=O) groups is 1. The number of hydrogen-bond donors (Lipinski definition) is 1. The van der Waals surface area contributed by atoms with E-state index in [0.29, 0.717) is 16.5 Å². The lowest BCUT2D eigenvalue weighted by molar-refractivity contribution is -0.383. The zero-order valence-electron chi connectivity index (χ0n) is 13.2. The summed E-state index contributed by atoms with van der Waals surface area (Å²) in [6.45, 7) is 0. The minimum Gasteiger partial charge on any atom is -0.439 e. The molecule has 0 amide bonds. The average Bonchev–Trinajstić information content (AvgIpc) is 3.25. The number of nitro benzene ring substituents is 1. The van der Waals surface area contributed by atoms with Crippen molar-refractivity contribution in [2.45, 2.75) is 5.92 Å². The second-order valence-electron chi connectivity index (χ2n) is 5.63. The number of rotatable bonds is 4. The molecule has 8 heteroatoms. The van der Waals surface area contributed by atoms with Gasteiger partial charge >= 0.3 is 0 Å². The number of nitrogens with zero attached hydrogens (tertiary/aromatic N) is 3. The van der Waals surface area contributed by atoms with Gasteiger partial charge in [-0.15, -0.1) is 0 Å². The van der Waals surface area contributed by atoms with Crippen LogP contribution < -0.4 is 0 Å². The highest BCUT2D eigenvalue weighted by Crippen LogP contribution is 2.29. The van der Waals surface area contributed by atoms with E-state index < -0.39 is 16.6 Å². The fraction of sp³-hybridized carbons (Fsp3) is 0.0556. The molecule has 1 N–H and O–H groups in total. The molecule has 0 saturated carbocycles. The molecular weight excluding hydrogens is 336 g/mol. The molecule has 0 aliphatic carbocycles. The minimum atomic E-state index is -1.26. The first kappa shape index (κ1) is 15.5. The first-order chi connectivity index (χ1) is 12.6. The number of nitriles is 1. The van der Waals surface area contributed by atoms with Gasteiger partial charge in [-0.05, 0) is 18.2 Å². The normalized spacial score (nSPS) is 12.1. The minimum absolute atomic E-state index is 0.00754. The predicted molar refractivity (Wildman–Crippen MR) is 91.6 cm³/mol. The van der Waals surface area contributed by atoms with Crippen molar-refractivity contribution in [3.8, 4) is 6.07 Å². The Labute approximate surface area is 145 Å². The number of benzene rings is 2. The molecule has 26 heavy (non-hydrogen) atoms. The van der Waals surface area contributed by atoms with Gasteiger partial charge < -0.3 is 9.40 Å². The van der Waals surface area contributed by atoms with E-state index in [1.807, 2.05) is 6.07 Å². The Bertz CT molecular complexity index is 1180. The first-order valence-corrected chi connectivity index (χ1v) is 7.64. The quantitative estimate of drug-likeness (QED) is 0.341. The van der Waals surface area contributed by atoms with E-state index in [1.165, 1.54) is 18.2 Å². The van der Waals surface area contributed by atoms with Crippen LogP contribution in [0.4, 0.5) is 5.69 Å². The Kier molecular flexibility index (Phi) is 3.48. The van der Waals surface area contributed by atoms with Crippen LogP contribution in [0.5, 0.6) is 0 Å². The van der Waals surface area contributed by atoms with Gasteiger partial charge in [0.1, 0.15) is 11.0 Å². The SMILES string of the molecule is N#C[C@H](C(=O)c1cc2cccc([N+](=O)[O-])c2[nH]1)c1nc2ccccc2o1. The van der Waals surface area contributed by atoms with E-state index in [0.717, 1.165) is 0 Å². The molecule has 4 rings (SSSR count). The molecule has 0 aliphatic rings. The maximum Gasteiger partial charge on any atom is 0.293 e. The summed E-state index contributed by atoms with van der Waals surface area (Å²) in [5.41, 5.74) is 1.20. The van der Waals surface area contributed by atoms with Gasteiger partial charge in [-0.25, -0.2) is 4.98 Å². The predicted octanol–water partition coefficient (Wildman–Crippen LogP) is 3.71. The largest absolute Gasteiger partial charge is 0.439 e. The van der Waals surface area contributed by atoms with Crippen LogP contribution >= 0.6 is 0 Å². The van der Waals surface area contributed by atoms with Crippen LogP contribution in [0.1, 0.15) is 22.3 Å². The summed E-state index contributed by atoms with van der Waals surface area (Å²) in [4.78, 5) is 30.3. The molecule has 126 valence electrons. The number of oxazole rings is 1. The highest BCUT2D eigenvalue weighted by atomic mass is 16.6. The zero-order valence-corrected chi connectivity index (χ0v) is 13.2. The summed E-state index contributed by atoms with van der Waals surface area (Å²) in [5, 5.41) is 21.1. The van der Waals surface area contributed by atoms with Gasteiger partial charge in [0.2, 0.25) is 11.7 Å². The van der Waals surface area contributed by atoms with E-state index in [4.69, 9.17) is 4.42 Å². The Morgan fingerprint density at radius 1 is 1.27 bits per heavy atom. The van der Waals surface area contributed by atoms with Crippen LogP contribution in [0.3, 0.4) is 0 Å². The fourth-order valence-electron chi connectivity index (χ4n) is 2.82. The highest BCUT2D eigenvalue weighted by Gasteiger charge is 2.29. The van der Waals surface area contributed by atoms with Gasteiger partial charge in [0.25, 0.3) is 5.69 Å². The van der Waals surface area contributed by atoms with Crippen molar-refractivity contribution in [1.29, 1.82) is 5.26 Å². The molecule has 2 aromatic heterocycles. The molecule has 0 spiro atoms. The van der Waals surface area contributed by atoms with Gasteiger partial charge in [0.05, 0.1) is 16.7 Å². The molecule has 8 nitrogen and oxygen atoms in total. The van der Waals surface area contributed by atoms with Crippen molar-refractivity contribution >= 4 is 33.5 Å². The van der Waals surface area contributed by atoms with Gasteiger partial charge in [-0.3, -0.25) is 14.9 Å². The topological polar surface area (TPSA) is 126 Å². The molecule has 0 radical (unpaired) electrons. The van der Waals surface area contributed by atoms with Crippen LogP contribution in [0, 0.1) is 21.4 Å². The van der Waals surface area contributed by atoms with Crippen molar-refractivity contribution in [3.63, 3.8) is 0 Å². The molecular formula is C18H10N4O4. The van der Waals surface area contributed by atoms with E-state index in [-0.39, 0.29) is 22.8 Å². The van der Waals surface area contributed by atoms with E-state index in [9.17, 15) is 20.2 Å². The van der Waals surface area contributed by atoms with Crippen LogP contribution in [-0.2, 0) is 0 Å². The maximum absolute atomic E-state index is 12.8. The number of carbonyl (C=O) groups excluding carboxylic acids is 1. The molecule has 2 heterocycles. The van der Waals surface area contributed by atoms with Crippen LogP contribution in [0.25, 0.3) is 22.0 Å². The number of non-ortho nitro benzene ring substituents is 1. The number of para-hydroxylation sites is 3. The standard InChI is InChI=1S/C18H10N4O4/c19-9-11(18-21-12-5-1-2-7-15(12)26-18)17(23)13-8-10-4-3-6-14(22(24)25)16(10)20-13/h1-8,11,20H/t11-/m1/s1. The number of Topliss-reactive ketones (excluding diaryl/α,β-unsaturated/α-hetero) is 1. The average molecular weight is 346 g/mol. The van der Waals surface area contributed by atoms with E-state index >= 15 is 0 Å². The third-order valence-electron chi connectivity index (χ3n) is 4.05. The molecule has 0 fully saturated rings. The molecule has 0 aliphatic heterocycles. The fourth-order valence-corrected chi connectivity index (χ4v) is 2.82. The van der Waals surface area contributed by atoms with Crippen molar-refractivity contribution in [3.05, 3.63) is 70.2 Å². The summed E-state index contributed by atoms with van der Waals surface area (Å²) in [5.74, 6) is -1.83. The lowest BCUT2D eigenvalue weighted by atomic mass is 10.0. The molecule has 0 unspecified atom stereocenters. The van der Waals surface area contributed by atoms with Crippen LogP contribution in [-0.4, -0.2) is 20.7 Å². The first-order valence-electron chi connectivity index (χ1n) is 7.64. The van der Waals surface area contributed by atoms with Gasteiger partial charge in [-0.2, -0.15) is 5.26 Å². The lowest BCUT2D eigenvalue weighted by Crippen LogP contribution is -2.12. The number of ketones is 1. The summed E-state index contributed by atoms with van der Waals surface area (Å²) in [6, 6.07) is 14.8. The van der Waals surface area contributed by atoms with E-state index in [2.05, 4.69) is 9.97 Å². The zero-order chi connectivity index (χ0) is 18.3. The number of nitrogens with one attached hydrogen (secondary N) is 1. The number of aromatic nitrogens is 2. The van der Waals surface area contributed by atoms with Crippen molar-refractivity contribution in [1.82, 2.24) is 9.97 Å². The number of aromatic amines is 1. The Morgan fingerprint density at radius 3 is 2.81 bits per heavy atom. The smallest absolute Gasteiger partial charge is 0.293 e. The number of H-pyrrole nitrogens is 1. The second kappa shape index (κ2) is 5.82. The summed E-state index contributed by atoms with van der Waals surface area (Å²) < 4.78 is 5.52. The summed E-state index contributed by atoms with van der Waals surface area (Å²) in [6.07, 6.45) is 0. The summed E-state index contributed by atoms with van der Waals surface area (Å²) >= 11 is 0. The van der Waals surface area contributed by atoms with E-state index in [1.54, 1.807) is 30.3 Å². The Hall–Kier alpha value is -3.99. The van der Waals surface area contributed by atoms with Gasteiger partial charge in [-0.1, -0.05) is 24.3 Å². The van der Waals surface area contributed by atoms with Crippen molar-refractivity contribution in [2.75, 3.05) is 0 Å².